The molecule has 3 rings (SSSR count). The Morgan fingerprint density at radius 1 is 1.00 bits per heavy atom. The molecule has 1 atom stereocenters. The van der Waals surface area contributed by atoms with Gasteiger partial charge >= 0.3 is 0 Å². The van der Waals surface area contributed by atoms with E-state index in [1.54, 1.807) is 50.4 Å². The largest absolute Gasteiger partial charge is 0.493 e. The number of benzene rings is 2. The molecular formula is C29H41N3O5. The second-order valence-electron chi connectivity index (χ2n) is 9.88. The van der Waals surface area contributed by atoms with Gasteiger partial charge in [0.25, 0.3) is 11.8 Å². The molecule has 2 amide bonds. The van der Waals surface area contributed by atoms with E-state index in [1.807, 2.05) is 23.1 Å². The lowest BCUT2D eigenvalue weighted by atomic mass is 10.0. The van der Waals surface area contributed by atoms with Gasteiger partial charge < -0.3 is 29.3 Å². The maximum Gasteiger partial charge on any atom is 0.254 e. The number of rotatable bonds is 12. The fourth-order valence-corrected chi connectivity index (χ4v) is 4.52. The second kappa shape index (κ2) is 14.0. The van der Waals surface area contributed by atoms with Crippen LogP contribution in [-0.4, -0.2) is 81.2 Å². The molecule has 0 spiro atoms. The highest BCUT2D eigenvalue weighted by Gasteiger charge is 2.29. The van der Waals surface area contributed by atoms with Gasteiger partial charge in [-0.2, -0.15) is 0 Å². The molecule has 0 aromatic heterocycles. The third kappa shape index (κ3) is 8.20. The van der Waals surface area contributed by atoms with Gasteiger partial charge in [0, 0.05) is 70.1 Å². The number of carbonyl (C=O) groups is 2. The van der Waals surface area contributed by atoms with E-state index in [4.69, 9.17) is 14.2 Å². The van der Waals surface area contributed by atoms with Crippen LogP contribution in [0, 0.1) is 0 Å². The minimum absolute atomic E-state index is 0.0329. The van der Waals surface area contributed by atoms with Crippen LogP contribution in [-0.2, 0) is 11.3 Å². The van der Waals surface area contributed by atoms with E-state index in [0.29, 0.717) is 35.8 Å². The average molecular weight is 512 g/mol. The summed E-state index contributed by atoms with van der Waals surface area (Å²) in [7, 11) is 5.12. The molecule has 1 saturated heterocycles. The van der Waals surface area contributed by atoms with E-state index < -0.39 is 0 Å². The Balaban J connectivity index is 1.83. The Morgan fingerprint density at radius 3 is 2.41 bits per heavy atom. The molecule has 8 nitrogen and oxygen atoms in total. The van der Waals surface area contributed by atoms with Gasteiger partial charge in [-0.1, -0.05) is 12.1 Å². The maximum absolute atomic E-state index is 13.7. The zero-order chi connectivity index (χ0) is 26.8. The molecule has 1 aliphatic rings. The highest BCUT2D eigenvalue weighted by Crippen LogP contribution is 2.27. The van der Waals surface area contributed by atoms with Crippen molar-refractivity contribution in [1.82, 2.24) is 15.1 Å². The summed E-state index contributed by atoms with van der Waals surface area (Å²) in [6.45, 7) is 7.22. The van der Waals surface area contributed by atoms with Crippen LogP contribution >= 0.6 is 0 Å². The smallest absolute Gasteiger partial charge is 0.254 e. The standard InChI is InChI=1S/C29H41N3O5/c1-21(2)32(25-11-7-12-30-19-25)29(34)24-16-26(36-14-8-13-35-5)18-27(17-24)37-20-22-9-6-10-23(15-22)28(33)31(3)4/h6,9-10,15-18,21,25,30H,7-8,11-14,19-20H2,1-5H3/t25-/m1/s1. The molecule has 0 saturated carbocycles. The van der Waals surface area contributed by atoms with Crippen LogP contribution in [0.4, 0.5) is 0 Å². The fourth-order valence-electron chi connectivity index (χ4n) is 4.52. The van der Waals surface area contributed by atoms with Crippen molar-refractivity contribution in [3.8, 4) is 11.5 Å². The molecule has 2 aromatic carbocycles. The number of nitrogens with zero attached hydrogens (tertiary/aromatic N) is 2. The Labute approximate surface area is 220 Å². The van der Waals surface area contributed by atoms with E-state index in [1.165, 1.54) is 0 Å². The van der Waals surface area contributed by atoms with E-state index in [0.717, 1.165) is 37.9 Å². The Hall–Kier alpha value is -3.10. The lowest BCUT2D eigenvalue weighted by Crippen LogP contribution is -2.51. The zero-order valence-corrected chi connectivity index (χ0v) is 22.8. The predicted molar refractivity (Wildman–Crippen MR) is 144 cm³/mol. The molecule has 8 heteroatoms. The van der Waals surface area contributed by atoms with E-state index in [9.17, 15) is 9.59 Å². The SMILES string of the molecule is COCCCOc1cc(OCc2cccc(C(=O)N(C)C)c2)cc(C(=O)N(C(C)C)[C@@H]2CCCNC2)c1. The number of ether oxygens (including phenoxy) is 3. The zero-order valence-electron chi connectivity index (χ0n) is 22.8. The van der Waals surface area contributed by atoms with E-state index >= 15 is 0 Å². The van der Waals surface area contributed by atoms with Gasteiger partial charge in [-0.15, -0.1) is 0 Å². The van der Waals surface area contributed by atoms with Crippen LogP contribution in [0.1, 0.15) is 59.4 Å². The molecule has 1 aliphatic heterocycles. The summed E-state index contributed by atoms with van der Waals surface area (Å²) in [6.07, 6.45) is 2.77. The van der Waals surface area contributed by atoms with Gasteiger partial charge in [-0.25, -0.2) is 0 Å². The van der Waals surface area contributed by atoms with Gasteiger partial charge in [-0.3, -0.25) is 9.59 Å². The molecule has 1 heterocycles. The van der Waals surface area contributed by atoms with Gasteiger partial charge in [-0.05, 0) is 63.1 Å². The van der Waals surface area contributed by atoms with Gasteiger partial charge in [0.05, 0.1) is 6.61 Å². The summed E-state index contributed by atoms with van der Waals surface area (Å²) in [5, 5.41) is 3.41. The molecular weight excluding hydrogens is 470 g/mol. The van der Waals surface area contributed by atoms with E-state index in [-0.39, 0.29) is 30.5 Å². The lowest BCUT2D eigenvalue weighted by Gasteiger charge is -2.37. The highest BCUT2D eigenvalue weighted by molar-refractivity contribution is 5.95. The Bertz CT molecular complexity index is 1030. The third-order valence-electron chi connectivity index (χ3n) is 6.33. The minimum Gasteiger partial charge on any atom is -0.493 e. The first-order valence-corrected chi connectivity index (χ1v) is 13.0. The van der Waals surface area contributed by atoms with Crippen molar-refractivity contribution in [2.75, 3.05) is 47.5 Å². The predicted octanol–water partition coefficient (Wildman–Crippen LogP) is 3.99. The van der Waals surface area contributed by atoms with Crippen LogP contribution in [0.25, 0.3) is 0 Å². The molecule has 1 fully saturated rings. The molecule has 37 heavy (non-hydrogen) atoms. The van der Waals surface area contributed by atoms with Crippen molar-refractivity contribution in [2.45, 2.75) is 51.8 Å². The summed E-state index contributed by atoms with van der Waals surface area (Å²) in [5.41, 5.74) is 2.00. The number of amides is 2. The number of piperidine rings is 1. The minimum atomic E-state index is -0.0628. The average Bonchev–Trinajstić information content (AvgIpc) is 2.90. The van der Waals surface area contributed by atoms with Crippen molar-refractivity contribution < 1.29 is 23.8 Å². The van der Waals surface area contributed by atoms with Gasteiger partial charge in [0.15, 0.2) is 0 Å². The molecule has 2 aromatic rings. The molecule has 0 radical (unpaired) electrons. The summed E-state index contributed by atoms with van der Waals surface area (Å²) in [4.78, 5) is 29.6. The second-order valence-corrected chi connectivity index (χ2v) is 9.88. The van der Waals surface area contributed by atoms with Crippen LogP contribution in [0.3, 0.4) is 0 Å². The number of hydrogen-bond acceptors (Lipinski definition) is 6. The van der Waals surface area contributed by atoms with Crippen LogP contribution in [0.5, 0.6) is 11.5 Å². The summed E-state index contributed by atoms with van der Waals surface area (Å²) >= 11 is 0. The first-order chi connectivity index (χ1) is 17.8. The number of hydrogen-bond donors (Lipinski definition) is 1. The maximum atomic E-state index is 13.7. The van der Waals surface area contributed by atoms with Gasteiger partial charge in [0.2, 0.25) is 0 Å². The first-order valence-electron chi connectivity index (χ1n) is 13.0. The fraction of sp³-hybridized carbons (Fsp3) is 0.517. The number of carbonyl (C=O) groups excluding carboxylic acids is 2. The van der Waals surface area contributed by atoms with Crippen molar-refractivity contribution >= 4 is 11.8 Å². The van der Waals surface area contributed by atoms with Crippen molar-refractivity contribution in [2.24, 2.45) is 0 Å². The van der Waals surface area contributed by atoms with Crippen LogP contribution in [0.15, 0.2) is 42.5 Å². The Morgan fingerprint density at radius 2 is 1.76 bits per heavy atom. The van der Waals surface area contributed by atoms with E-state index in [2.05, 4.69) is 19.2 Å². The highest BCUT2D eigenvalue weighted by atomic mass is 16.5. The van der Waals surface area contributed by atoms with Crippen LogP contribution in [0.2, 0.25) is 0 Å². The summed E-state index contributed by atoms with van der Waals surface area (Å²) < 4.78 is 17.2. The molecule has 1 N–H and O–H groups in total. The normalized spacial score (nSPS) is 15.4. The molecule has 0 unspecified atom stereocenters. The quantitative estimate of drug-likeness (QED) is 0.434. The van der Waals surface area contributed by atoms with Gasteiger partial charge in [0.1, 0.15) is 18.1 Å². The lowest BCUT2D eigenvalue weighted by molar-refractivity contribution is 0.0572. The number of nitrogens with one attached hydrogen (secondary N) is 1. The van der Waals surface area contributed by atoms with Crippen molar-refractivity contribution in [3.05, 3.63) is 59.2 Å². The first kappa shape index (κ1) is 28.5. The molecule has 0 bridgehead atoms. The molecule has 0 aliphatic carbocycles. The number of methoxy groups -OCH3 is 1. The molecule has 202 valence electrons. The van der Waals surface area contributed by atoms with Crippen molar-refractivity contribution in [1.29, 1.82) is 0 Å². The topological polar surface area (TPSA) is 80.3 Å². The Kier molecular flexibility index (Phi) is 10.8. The third-order valence-corrected chi connectivity index (χ3v) is 6.33. The summed E-state index contributed by atoms with van der Waals surface area (Å²) in [5.74, 6) is 1.03. The van der Waals surface area contributed by atoms with Crippen molar-refractivity contribution in [3.63, 3.8) is 0 Å². The summed E-state index contributed by atoms with van der Waals surface area (Å²) in [6, 6.07) is 13.0. The monoisotopic (exact) mass is 511 g/mol. The van der Waals surface area contributed by atoms with Crippen LogP contribution < -0.4 is 14.8 Å².